The number of hydrogen-bond donors (Lipinski definition) is 1. The third-order valence-electron chi connectivity index (χ3n) is 2.99. The van der Waals surface area contributed by atoms with Crippen molar-refractivity contribution in [3.63, 3.8) is 0 Å². The first-order valence-corrected chi connectivity index (χ1v) is 7.20. The van der Waals surface area contributed by atoms with E-state index in [1.165, 1.54) is 25.7 Å². The summed E-state index contributed by atoms with van der Waals surface area (Å²) in [5, 5.41) is 3.72. The lowest BCUT2D eigenvalue weighted by atomic mass is 9.91. The molecule has 1 saturated carbocycles. The van der Waals surface area contributed by atoms with Crippen molar-refractivity contribution in [1.29, 1.82) is 0 Å². The highest BCUT2D eigenvalue weighted by molar-refractivity contribution is 7.85. The molecular formula is C11H23NOS. The zero-order chi connectivity index (χ0) is 10.4. The summed E-state index contributed by atoms with van der Waals surface area (Å²) in [6.07, 6.45) is 4.97. The Morgan fingerprint density at radius 3 is 2.86 bits per heavy atom. The highest BCUT2D eigenvalue weighted by Gasteiger charge is 2.23. The number of nitrogens with one attached hydrogen (secondary N) is 1. The predicted molar refractivity (Wildman–Crippen MR) is 63.0 cm³/mol. The summed E-state index contributed by atoms with van der Waals surface area (Å²) in [6, 6.07) is 0. The second-order valence-electron chi connectivity index (χ2n) is 4.33. The molecule has 3 unspecified atom stereocenters. The lowest BCUT2D eigenvalue weighted by Gasteiger charge is -2.26. The summed E-state index contributed by atoms with van der Waals surface area (Å²) in [6.45, 7) is 6.27. The van der Waals surface area contributed by atoms with E-state index in [2.05, 4.69) is 19.2 Å². The fourth-order valence-electron chi connectivity index (χ4n) is 2.13. The Labute approximate surface area is 90.3 Å². The van der Waals surface area contributed by atoms with Gasteiger partial charge in [-0.25, -0.2) is 0 Å². The minimum Gasteiger partial charge on any atom is -0.316 e. The van der Waals surface area contributed by atoms with Crippen molar-refractivity contribution in [3.8, 4) is 0 Å². The van der Waals surface area contributed by atoms with Crippen LogP contribution in [0.4, 0.5) is 0 Å². The Balaban J connectivity index is 2.22. The van der Waals surface area contributed by atoms with Gasteiger partial charge >= 0.3 is 0 Å². The quantitative estimate of drug-likeness (QED) is 0.713. The summed E-state index contributed by atoms with van der Waals surface area (Å²) < 4.78 is 11.9. The second kappa shape index (κ2) is 6.57. The molecule has 3 atom stereocenters. The normalized spacial score (nSPS) is 30.1. The monoisotopic (exact) mass is 217 g/mol. The molecule has 0 aliphatic heterocycles. The molecule has 3 heteroatoms. The van der Waals surface area contributed by atoms with Crippen molar-refractivity contribution < 1.29 is 4.21 Å². The van der Waals surface area contributed by atoms with E-state index < -0.39 is 10.8 Å². The van der Waals surface area contributed by atoms with E-state index in [0.717, 1.165) is 24.8 Å². The van der Waals surface area contributed by atoms with Gasteiger partial charge in [-0.1, -0.05) is 26.7 Å². The fraction of sp³-hybridized carbons (Fsp3) is 1.00. The van der Waals surface area contributed by atoms with E-state index in [0.29, 0.717) is 5.25 Å². The van der Waals surface area contributed by atoms with E-state index in [1.54, 1.807) is 0 Å². The molecule has 0 radical (unpaired) electrons. The molecule has 0 amide bonds. The van der Waals surface area contributed by atoms with E-state index >= 15 is 0 Å². The standard InChI is InChI=1S/C11H23NOS/c1-3-12-7-8-14(13)11-6-4-5-10(2)9-11/h10-12H,3-9H2,1-2H3. The lowest BCUT2D eigenvalue weighted by molar-refractivity contribution is 0.389. The molecule has 1 aliphatic carbocycles. The highest BCUT2D eigenvalue weighted by Crippen LogP contribution is 2.26. The van der Waals surface area contributed by atoms with Crippen molar-refractivity contribution in [3.05, 3.63) is 0 Å². The van der Waals surface area contributed by atoms with Gasteiger partial charge in [-0.05, 0) is 25.3 Å². The van der Waals surface area contributed by atoms with Crippen molar-refractivity contribution in [2.24, 2.45) is 5.92 Å². The molecule has 0 aromatic heterocycles. The fourth-order valence-corrected chi connectivity index (χ4v) is 3.79. The van der Waals surface area contributed by atoms with Crippen molar-refractivity contribution >= 4 is 10.8 Å². The van der Waals surface area contributed by atoms with Crippen LogP contribution in [0.5, 0.6) is 0 Å². The van der Waals surface area contributed by atoms with Crippen LogP contribution in [0.3, 0.4) is 0 Å². The molecule has 1 N–H and O–H groups in total. The minimum absolute atomic E-state index is 0.484. The lowest BCUT2D eigenvalue weighted by Crippen LogP contribution is -2.28. The Hall–Kier alpha value is 0.110. The maximum absolute atomic E-state index is 11.9. The number of rotatable bonds is 5. The van der Waals surface area contributed by atoms with Gasteiger partial charge in [0, 0.05) is 28.3 Å². The van der Waals surface area contributed by atoms with E-state index in [9.17, 15) is 4.21 Å². The van der Waals surface area contributed by atoms with Gasteiger partial charge in [-0.15, -0.1) is 0 Å². The third-order valence-corrected chi connectivity index (χ3v) is 4.77. The van der Waals surface area contributed by atoms with Crippen molar-refractivity contribution in [1.82, 2.24) is 5.32 Å². The van der Waals surface area contributed by atoms with Crippen LogP contribution in [0.1, 0.15) is 39.5 Å². The van der Waals surface area contributed by atoms with Crippen LogP contribution >= 0.6 is 0 Å². The van der Waals surface area contributed by atoms with Crippen LogP contribution in [0.2, 0.25) is 0 Å². The summed E-state index contributed by atoms with van der Waals surface area (Å²) in [5.41, 5.74) is 0. The van der Waals surface area contributed by atoms with E-state index in [1.807, 2.05) is 0 Å². The molecule has 1 fully saturated rings. The first-order chi connectivity index (χ1) is 6.74. The first-order valence-electron chi connectivity index (χ1n) is 5.82. The van der Waals surface area contributed by atoms with Crippen LogP contribution in [-0.2, 0) is 10.8 Å². The van der Waals surface area contributed by atoms with Gasteiger partial charge in [0.05, 0.1) is 0 Å². The van der Waals surface area contributed by atoms with Crippen LogP contribution in [0.15, 0.2) is 0 Å². The van der Waals surface area contributed by atoms with Crippen LogP contribution < -0.4 is 5.32 Å². The van der Waals surface area contributed by atoms with Crippen LogP contribution in [-0.4, -0.2) is 28.3 Å². The largest absolute Gasteiger partial charge is 0.316 e. The first kappa shape index (κ1) is 12.2. The van der Waals surface area contributed by atoms with Crippen LogP contribution in [0, 0.1) is 5.92 Å². The van der Waals surface area contributed by atoms with Crippen LogP contribution in [0.25, 0.3) is 0 Å². The Bertz CT molecular complexity index is 184. The average Bonchev–Trinajstić information content (AvgIpc) is 2.18. The molecule has 0 heterocycles. The summed E-state index contributed by atoms with van der Waals surface area (Å²) in [5.74, 6) is 1.63. The summed E-state index contributed by atoms with van der Waals surface area (Å²) >= 11 is 0. The zero-order valence-corrected chi connectivity index (χ0v) is 10.2. The predicted octanol–water partition coefficient (Wildman–Crippen LogP) is 1.92. The maximum Gasteiger partial charge on any atom is 0.0362 e. The Morgan fingerprint density at radius 1 is 1.43 bits per heavy atom. The second-order valence-corrected chi connectivity index (χ2v) is 6.17. The molecule has 0 aromatic rings. The average molecular weight is 217 g/mol. The molecule has 0 saturated heterocycles. The minimum atomic E-state index is -0.591. The molecule has 1 aliphatic rings. The Morgan fingerprint density at radius 2 is 2.21 bits per heavy atom. The molecule has 84 valence electrons. The smallest absolute Gasteiger partial charge is 0.0362 e. The molecule has 14 heavy (non-hydrogen) atoms. The van der Waals surface area contributed by atoms with Gasteiger partial charge in [0.15, 0.2) is 0 Å². The summed E-state index contributed by atoms with van der Waals surface area (Å²) in [7, 11) is -0.591. The summed E-state index contributed by atoms with van der Waals surface area (Å²) in [4.78, 5) is 0. The molecule has 2 nitrogen and oxygen atoms in total. The van der Waals surface area contributed by atoms with Gasteiger partial charge in [0.1, 0.15) is 0 Å². The molecule has 0 aromatic carbocycles. The van der Waals surface area contributed by atoms with Gasteiger partial charge in [-0.2, -0.15) is 0 Å². The third kappa shape index (κ3) is 4.09. The molecular weight excluding hydrogens is 194 g/mol. The van der Waals surface area contributed by atoms with Gasteiger partial charge in [0.2, 0.25) is 0 Å². The van der Waals surface area contributed by atoms with Crippen molar-refractivity contribution in [2.45, 2.75) is 44.8 Å². The molecule has 1 rings (SSSR count). The topological polar surface area (TPSA) is 29.1 Å². The van der Waals surface area contributed by atoms with Crippen molar-refractivity contribution in [2.75, 3.05) is 18.8 Å². The van der Waals surface area contributed by atoms with E-state index in [-0.39, 0.29) is 0 Å². The zero-order valence-electron chi connectivity index (χ0n) is 9.42. The van der Waals surface area contributed by atoms with Gasteiger partial charge < -0.3 is 5.32 Å². The number of hydrogen-bond acceptors (Lipinski definition) is 2. The SMILES string of the molecule is CCNCCS(=O)C1CCCC(C)C1. The maximum atomic E-state index is 11.9. The molecule has 0 spiro atoms. The van der Waals surface area contributed by atoms with E-state index in [4.69, 9.17) is 0 Å². The highest BCUT2D eigenvalue weighted by atomic mass is 32.2. The molecule has 0 bridgehead atoms. The van der Waals surface area contributed by atoms with Gasteiger partial charge in [0.25, 0.3) is 0 Å². The van der Waals surface area contributed by atoms with Gasteiger partial charge in [-0.3, -0.25) is 4.21 Å². The Kier molecular flexibility index (Phi) is 5.71.